The van der Waals surface area contributed by atoms with Crippen LogP contribution in [0.5, 0.6) is 0 Å². The van der Waals surface area contributed by atoms with E-state index in [-0.39, 0.29) is 0 Å². The van der Waals surface area contributed by atoms with Gasteiger partial charge in [-0.2, -0.15) is 0 Å². The normalized spacial score (nSPS) is 10.1. The molecule has 0 saturated carbocycles. The Kier molecular flexibility index (Phi) is 4.87. The zero-order chi connectivity index (χ0) is 10.4. The highest BCUT2D eigenvalue weighted by Gasteiger charge is 1.99. The fourth-order valence-corrected chi connectivity index (χ4v) is 1.55. The standard InChI is InChI=1S/C11H13BrO2/c1-3-9-4-5-10(11(12)6-9)7-14-8-13-2/h3-6H,1,7-8H2,2H3. The molecule has 0 amide bonds. The van der Waals surface area contributed by atoms with Crippen LogP contribution in [-0.2, 0) is 16.1 Å². The van der Waals surface area contributed by atoms with Crippen molar-refractivity contribution < 1.29 is 9.47 Å². The number of hydrogen-bond acceptors (Lipinski definition) is 2. The van der Waals surface area contributed by atoms with Gasteiger partial charge in [0.1, 0.15) is 6.79 Å². The number of halogens is 1. The molecule has 2 nitrogen and oxygen atoms in total. The maximum absolute atomic E-state index is 5.25. The van der Waals surface area contributed by atoms with Crippen LogP contribution in [0, 0.1) is 0 Å². The molecular formula is C11H13BrO2. The fourth-order valence-electron chi connectivity index (χ4n) is 1.04. The summed E-state index contributed by atoms with van der Waals surface area (Å²) in [5.41, 5.74) is 2.19. The van der Waals surface area contributed by atoms with E-state index in [4.69, 9.17) is 9.47 Å². The average molecular weight is 257 g/mol. The molecule has 0 unspecified atom stereocenters. The van der Waals surface area contributed by atoms with Crippen LogP contribution in [0.1, 0.15) is 11.1 Å². The van der Waals surface area contributed by atoms with E-state index >= 15 is 0 Å². The molecule has 0 fully saturated rings. The van der Waals surface area contributed by atoms with Gasteiger partial charge in [0.25, 0.3) is 0 Å². The molecule has 76 valence electrons. The summed E-state index contributed by atoms with van der Waals surface area (Å²) in [6, 6.07) is 6.03. The van der Waals surface area contributed by atoms with Crippen LogP contribution in [0.25, 0.3) is 6.08 Å². The van der Waals surface area contributed by atoms with Gasteiger partial charge in [-0.05, 0) is 17.2 Å². The van der Waals surface area contributed by atoms with Crippen molar-refractivity contribution in [2.75, 3.05) is 13.9 Å². The molecule has 0 radical (unpaired) electrons. The van der Waals surface area contributed by atoms with Gasteiger partial charge in [0, 0.05) is 11.6 Å². The van der Waals surface area contributed by atoms with E-state index in [1.54, 1.807) is 7.11 Å². The topological polar surface area (TPSA) is 18.5 Å². The first-order valence-corrected chi connectivity index (χ1v) is 5.04. The van der Waals surface area contributed by atoms with Gasteiger partial charge in [-0.3, -0.25) is 0 Å². The van der Waals surface area contributed by atoms with E-state index in [9.17, 15) is 0 Å². The summed E-state index contributed by atoms with van der Waals surface area (Å²) in [5.74, 6) is 0. The Balaban J connectivity index is 2.64. The van der Waals surface area contributed by atoms with Crippen molar-refractivity contribution in [3.8, 4) is 0 Å². The van der Waals surface area contributed by atoms with Gasteiger partial charge in [-0.1, -0.05) is 40.7 Å². The van der Waals surface area contributed by atoms with E-state index in [2.05, 4.69) is 22.5 Å². The third-order valence-electron chi connectivity index (χ3n) is 1.77. The van der Waals surface area contributed by atoms with Crippen LogP contribution < -0.4 is 0 Å². The number of methoxy groups -OCH3 is 1. The van der Waals surface area contributed by atoms with Gasteiger partial charge >= 0.3 is 0 Å². The first-order valence-electron chi connectivity index (χ1n) is 4.25. The molecule has 0 aliphatic carbocycles. The third kappa shape index (κ3) is 3.25. The summed E-state index contributed by atoms with van der Waals surface area (Å²) in [6.07, 6.45) is 1.81. The van der Waals surface area contributed by atoms with Crippen molar-refractivity contribution >= 4 is 22.0 Å². The van der Waals surface area contributed by atoms with Crippen molar-refractivity contribution in [3.05, 3.63) is 40.4 Å². The van der Waals surface area contributed by atoms with Gasteiger partial charge < -0.3 is 9.47 Å². The van der Waals surface area contributed by atoms with E-state index in [0.717, 1.165) is 15.6 Å². The molecule has 0 aliphatic rings. The third-order valence-corrected chi connectivity index (χ3v) is 2.51. The quantitative estimate of drug-likeness (QED) is 0.595. The van der Waals surface area contributed by atoms with Crippen molar-refractivity contribution in [2.45, 2.75) is 6.61 Å². The molecule has 3 heteroatoms. The molecular weight excluding hydrogens is 244 g/mol. The van der Waals surface area contributed by atoms with Crippen LogP contribution in [0.3, 0.4) is 0 Å². The molecule has 0 bridgehead atoms. The molecule has 0 atom stereocenters. The molecule has 0 heterocycles. The lowest BCUT2D eigenvalue weighted by molar-refractivity contribution is -0.0392. The van der Waals surface area contributed by atoms with Gasteiger partial charge in [0.05, 0.1) is 6.61 Å². The Morgan fingerprint density at radius 3 is 2.86 bits per heavy atom. The maximum atomic E-state index is 5.25. The van der Waals surface area contributed by atoms with E-state index in [1.807, 2.05) is 24.3 Å². The summed E-state index contributed by atoms with van der Waals surface area (Å²) in [7, 11) is 1.61. The van der Waals surface area contributed by atoms with Crippen LogP contribution in [0.4, 0.5) is 0 Å². The lowest BCUT2D eigenvalue weighted by Gasteiger charge is -2.06. The van der Waals surface area contributed by atoms with Gasteiger partial charge in [0.15, 0.2) is 0 Å². The van der Waals surface area contributed by atoms with E-state index in [1.165, 1.54) is 0 Å². The zero-order valence-corrected chi connectivity index (χ0v) is 9.71. The monoisotopic (exact) mass is 256 g/mol. The lowest BCUT2D eigenvalue weighted by atomic mass is 10.1. The molecule has 0 spiro atoms. The first kappa shape index (κ1) is 11.4. The first-order chi connectivity index (χ1) is 6.77. The Labute approximate surface area is 92.7 Å². The molecule has 0 aliphatic heterocycles. The average Bonchev–Trinajstić information content (AvgIpc) is 2.20. The highest BCUT2D eigenvalue weighted by Crippen LogP contribution is 2.19. The summed E-state index contributed by atoms with van der Waals surface area (Å²) in [6.45, 7) is 4.57. The predicted octanol–water partition coefficient (Wildman–Crippen LogP) is 3.21. The minimum Gasteiger partial charge on any atom is -0.359 e. The number of hydrogen-bond donors (Lipinski definition) is 0. The number of rotatable bonds is 5. The smallest absolute Gasteiger partial charge is 0.146 e. The largest absolute Gasteiger partial charge is 0.359 e. The molecule has 0 N–H and O–H groups in total. The summed E-state index contributed by atoms with van der Waals surface area (Å²) >= 11 is 3.47. The van der Waals surface area contributed by atoms with Crippen LogP contribution in [0.15, 0.2) is 29.3 Å². The van der Waals surface area contributed by atoms with E-state index in [0.29, 0.717) is 13.4 Å². The Hall–Kier alpha value is -0.640. The van der Waals surface area contributed by atoms with Crippen molar-refractivity contribution in [2.24, 2.45) is 0 Å². The molecule has 1 aromatic carbocycles. The fraction of sp³-hybridized carbons (Fsp3) is 0.273. The number of benzene rings is 1. The van der Waals surface area contributed by atoms with Gasteiger partial charge in [0.2, 0.25) is 0 Å². The molecule has 14 heavy (non-hydrogen) atoms. The lowest BCUT2D eigenvalue weighted by Crippen LogP contribution is -1.97. The maximum Gasteiger partial charge on any atom is 0.146 e. The predicted molar refractivity (Wildman–Crippen MR) is 60.9 cm³/mol. The van der Waals surface area contributed by atoms with Gasteiger partial charge in [-0.25, -0.2) is 0 Å². The summed E-state index contributed by atoms with van der Waals surface area (Å²) in [4.78, 5) is 0. The van der Waals surface area contributed by atoms with Crippen LogP contribution >= 0.6 is 15.9 Å². The minimum absolute atomic E-state index is 0.315. The Bertz CT molecular complexity index is 310. The van der Waals surface area contributed by atoms with Crippen LogP contribution in [0.2, 0.25) is 0 Å². The minimum atomic E-state index is 0.315. The molecule has 1 rings (SSSR count). The highest BCUT2D eigenvalue weighted by molar-refractivity contribution is 9.10. The molecule has 0 aromatic heterocycles. The summed E-state index contributed by atoms with van der Waals surface area (Å²) in [5, 5.41) is 0. The second kappa shape index (κ2) is 5.96. The SMILES string of the molecule is C=Cc1ccc(COCOC)c(Br)c1. The number of ether oxygens (including phenoxy) is 2. The van der Waals surface area contributed by atoms with Crippen molar-refractivity contribution in [3.63, 3.8) is 0 Å². The molecule has 1 aromatic rings. The second-order valence-electron chi connectivity index (χ2n) is 2.81. The zero-order valence-electron chi connectivity index (χ0n) is 8.13. The Morgan fingerprint density at radius 2 is 2.29 bits per heavy atom. The highest BCUT2D eigenvalue weighted by atomic mass is 79.9. The Morgan fingerprint density at radius 1 is 1.50 bits per heavy atom. The van der Waals surface area contributed by atoms with E-state index < -0.39 is 0 Å². The van der Waals surface area contributed by atoms with Crippen molar-refractivity contribution in [1.29, 1.82) is 0 Å². The van der Waals surface area contributed by atoms with Gasteiger partial charge in [-0.15, -0.1) is 0 Å². The second-order valence-corrected chi connectivity index (χ2v) is 3.66. The van der Waals surface area contributed by atoms with Crippen molar-refractivity contribution in [1.82, 2.24) is 0 Å². The summed E-state index contributed by atoms with van der Waals surface area (Å²) < 4.78 is 11.1. The molecule has 0 saturated heterocycles. The van der Waals surface area contributed by atoms with Crippen LogP contribution in [-0.4, -0.2) is 13.9 Å².